The molecular formula is C23H20ClN3O2. The van der Waals surface area contributed by atoms with Gasteiger partial charge in [0.05, 0.1) is 23.2 Å². The third-order valence-electron chi connectivity index (χ3n) is 6.15. The zero-order chi connectivity index (χ0) is 20.3. The fraction of sp³-hybridized carbons (Fsp3) is 0.261. The molecule has 3 heterocycles. The minimum absolute atomic E-state index is 0.00636. The Morgan fingerprint density at radius 2 is 2.03 bits per heavy atom. The Hall–Kier alpha value is -2.92. The van der Waals surface area contributed by atoms with E-state index in [1.807, 2.05) is 23.2 Å². The van der Waals surface area contributed by atoms with Gasteiger partial charge in [-0.05, 0) is 46.9 Å². The van der Waals surface area contributed by atoms with Crippen molar-refractivity contribution in [1.29, 1.82) is 0 Å². The van der Waals surface area contributed by atoms with E-state index in [9.17, 15) is 9.59 Å². The van der Waals surface area contributed by atoms with Crippen LogP contribution in [-0.2, 0) is 17.9 Å². The van der Waals surface area contributed by atoms with Crippen molar-refractivity contribution in [3.63, 3.8) is 0 Å². The second-order valence-electron chi connectivity index (χ2n) is 7.78. The average molecular weight is 406 g/mol. The van der Waals surface area contributed by atoms with E-state index in [4.69, 9.17) is 11.6 Å². The van der Waals surface area contributed by atoms with E-state index in [-0.39, 0.29) is 17.9 Å². The smallest absolute Gasteiger partial charge is 0.256 e. The first-order valence-corrected chi connectivity index (χ1v) is 10.0. The molecule has 0 aliphatic carbocycles. The van der Waals surface area contributed by atoms with Gasteiger partial charge in [0.2, 0.25) is 5.91 Å². The molecule has 2 aromatic carbocycles. The van der Waals surface area contributed by atoms with Gasteiger partial charge < -0.3 is 9.80 Å². The van der Waals surface area contributed by atoms with Crippen LogP contribution in [0.2, 0.25) is 5.02 Å². The van der Waals surface area contributed by atoms with Crippen LogP contribution in [0.4, 0.5) is 0 Å². The fourth-order valence-corrected chi connectivity index (χ4v) is 4.80. The van der Waals surface area contributed by atoms with Crippen LogP contribution in [0.1, 0.15) is 32.6 Å². The predicted octanol–water partition coefficient (Wildman–Crippen LogP) is 3.60. The van der Waals surface area contributed by atoms with Gasteiger partial charge in [0, 0.05) is 31.4 Å². The van der Waals surface area contributed by atoms with Crippen molar-refractivity contribution >= 4 is 29.6 Å². The number of hydrogen-bond acceptors (Lipinski definition) is 3. The number of nitrogens with zero attached hydrogens (tertiary/aromatic N) is 3. The number of rotatable bonds is 3. The topological polar surface area (TPSA) is 53.0 Å². The Morgan fingerprint density at radius 1 is 1.24 bits per heavy atom. The number of carbonyl (C=O) groups is 2. The molecule has 0 atom stereocenters. The Morgan fingerprint density at radius 3 is 2.79 bits per heavy atom. The Bertz CT molecular complexity index is 1120. The van der Waals surface area contributed by atoms with Crippen LogP contribution in [-0.4, -0.2) is 47.0 Å². The minimum Gasteiger partial charge on any atom is -0.335 e. The van der Waals surface area contributed by atoms with Crippen molar-refractivity contribution in [3.8, 4) is 11.1 Å². The summed E-state index contributed by atoms with van der Waals surface area (Å²) in [6.07, 6.45) is 3.24. The summed E-state index contributed by atoms with van der Waals surface area (Å²) in [5.74, 6) is -0.152. The third kappa shape index (κ3) is 2.64. The molecule has 3 aliphatic rings. The maximum atomic E-state index is 13.2. The van der Waals surface area contributed by atoms with Crippen molar-refractivity contribution in [1.82, 2.24) is 9.80 Å². The monoisotopic (exact) mass is 405 g/mol. The lowest BCUT2D eigenvalue weighted by Gasteiger charge is -2.43. The molecule has 0 unspecified atom stereocenters. The van der Waals surface area contributed by atoms with E-state index >= 15 is 0 Å². The quantitative estimate of drug-likeness (QED) is 0.732. The molecule has 6 heteroatoms. The Kier molecular flexibility index (Phi) is 4.10. The molecule has 0 bridgehead atoms. The summed E-state index contributed by atoms with van der Waals surface area (Å²) in [6.45, 7) is 7.87. The van der Waals surface area contributed by atoms with E-state index in [1.165, 1.54) is 11.6 Å². The molecule has 0 saturated carbocycles. The van der Waals surface area contributed by atoms with E-state index in [0.29, 0.717) is 36.8 Å². The summed E-state index contributed by atoms with van der Waals surface area (Å²) in [5.41, 5.74) is 7.21. The molecule has 146 valence electrons. The van der Waals surface area contributed by atoms with E-state index in [0.717, 1.165) is 27.8 Å². The average Bonchev–Trinajstić information content (AvgIpc) is 3.27. The highest BCUT2D eigenvalue weighted by Crippen LogP contribution is 2.41. The van der Waals surface area contributed by atoms with Crippen molar-refractivity contribution in [2.75, 3.05) is 13.1 Å². The highest BCUT2D eigenvalue weighted by Gasteiger charge is 2.42. The molecule has 2 aromatic rings. The SMILES string of the molecule is C=CC(=O)N1CC(N2Cc3c(-c4c(C)ccc5c4C=NC5)ccc(Cl)c3C2=O)C1. The number of halogens is 1. The second kappa shape index (κ2) is 6.56. The van der Waals surface area contributed by atoms with Crippen LogP contribution in [0.5, 0.6) is 0 Å². The molecule has 5 nitrogen and oxygen atoms in total. The normalized spacial score (nSPS) is 17.4. The summed E-state index contributed by atoms with van der Waals surface area (Å²) < 4.78 is 0. The molecule has 1 saturated heterocycles. The summed E-state index contributed by atoms with van der Waals surface area (Å²) >= 11 is 6.46. The van der Waals surface area contributed by atoms with Crippen LogP contribution in [0.15, 0.2) is 41.9 Å². The van der Waals surface area contributed by atoms with Crippen LogP contribution >= 0.6 is 11.6 Å². The first-order chi connectivity index (χ1) is 14.0. The summed E-state index contributed by atoms with van der Waals surface area (Å²) in [6, 6.07) is 8.07. The van der Waals surface area contributed by atoms with Crippen LogP contribution in [0.3, 0.4) is 0 Å². The van der Waals surface area contributed by atoms with Gasteiger partial charge in [0.15, 0.2) is 0 Å². The standard InChI is InChI=1S/C23H20ClN3O2/c1-3-20(28)26-10-15(11-26)27-12-18-16(6-7-19(24)22(18)23(27)29)21-13(2)4-5-14-8-25-9-17(14)21/h3-7,9,15H,1,8,10-12H2,2H3. The molecule has 0 N–H and O–H groups in total. The number of fused-ring (bicyclic) bond motifs is 2. The molecule has 0 spiro atoms. The summed E-state index contributed by atoms with van der Waals surface area (Å²) in [7, 11) is 0. The molecule has 1 fully saturated rings. The van der Waals surface area contributed by atoms with E-state index in [2.05, 4.69) is 30.6 Å². The first-order valence-electron chi connectivity index (χ1n) is 9.66. The van der Waals surface area contributed by atoms with Crippen molar-refractivity contribution in [3.05, 3.63) is 69.8 Å². The van der Waals surface area contributed by atoms with Gasteiger partial charge in [-0.2, -0.15) is 0 Å². The number of carbonyl (C=O) groups excluding carboxylic acids is 2. The maximum Gasteiger partial charge on any atom is 0.256 e. The molecule has 2 amide bonds. The predicted molar refractivity (Wildman–Crippen MR) is 113 cm³/mol. The highest BCUT2D eigenvalue weighted by molar-refractivity contribution is 6.34. The molecule has 3 aliphatic heterocycles. The zero-order valence-electron chi connectivity index (χ0n) is 16.1. The van der Waals surface area contributed by atoms with Crippen LogP contribution < -0.4 is 0 Å². The minimum atomic E-state index is -0.0982. The van der Waals surface area contributed by atoms with Gasteiger partial charge in [-0.15, -0.1) is 0 Å². The van der Waals surface area contributed by atoms with Crippen LogP contribution in [0.25, 0.3) is 11.1 Å². The van der Waals surface area contributed by atoms with E-state index < -0.39 is 0 Å². The number of amides is 2. The Labute approximate surface area is 174 Å². The highest BCUT2D eigenvalue weighted by atomic mass is 35.5. The Balaban J connectivity index is 1.55. The van der Waals surface area contributed by atoms with Gasteiger partial charge in [-0.1, -0.05) is 36.4 Å². The molecule has 0 radical (unpaired) electrons. The lowest BCUT2D eigenvalue weighted by atomic mass is 9.89. The molecule has 5 rings (SSSR count). The van der Waals surface area contributed by atoms with Gasteiger partial charge in [-0.25, -0.2) is 0 Å². The second-order valence-corrected chi connectivity index (χ2v) is 8.19. The molecule has 0 aromatic heterocycles. The molecular weight excluding hydrogens is 386 g/mol. The lowest BCUT2D eigenvalue weighted by Crippen LogP contribution is -2.60. The van der Waals surface area contributed by atoms with Crippen LogP contribution in [0, 0.1) is 6.92 Å². The largest absolute Gasteiger partial charge is 0.335 e. The van der Waals surface area contributed by atoms with Crippen molar-refractivity contribution < 1.29 is 9.59 Å². The van der Waals surface area contributed by atoms with Crippen molar-refractivity contribution in [2.45, 2.75) is 26.1 Å². The first kappa shape index (κ1) is 18.1. The van der Waals surface area contributed by atoms with E-state index in [1.54, 1.807) is 4.90 Å². The van der Waals surface area contributed by atoms with Gasteiger partial charge in [0.1, 0.15) is 0 Å². The fourth-order valence-electron chi connectivity index (χ4n) is 4.54. The zero-order valence-corrected chi connectivity index (χ0v) is 16.9. The number of likely N-dealkylation sites (tertiary alicyclic amines) is 1. The number of aliphatic imine (C=N–C) groups is 1. The number of aryl methyl sites for hydroxylation is 1. The number of hydrogen-bond donors (Lipinski definition) is 0. The lowest BCUT2D eigenvalue weighted by molar-refractivity contribution is -0.132. The number of benzene rings is 2. The summed E-state index contributed by atoms with van der Waals surface area (Å²) in [5, 5.41) is 0.480. The third-order valence-corrected chi connectivity index (χ3v) is 6.47. The van der Waals surface area contributed by atoms with Gasteiger partial charge in [0.25, 0.3) is 5.91 Å². The van der Waals surface area contributed by atoms with Gasteiger partial charge >= 0.3 is 0 Å². The maximum absolute atomic E-state index is 13.2. The van der Waals surface area contributed by atoms with Crippen molar-refractivity contribution in [2.24, 2.45) is 4.99 Å². The van der Waals surface area contributed by atoms with Gasteiger partial charge in [-0.3, -0.25) is 14.6 Å². The molecule has 29 heavy (non-hydrogen) atoms. The summed E-state index contributed by atoms with van der Waals surface area (Å²) in [4.78, 5) is 32.9.